The van der Waals surface area contributed by atoms with Crippen molar-refractivity contribution in [3.63, 3.8) is 0 Å². The van der Waals surface area contributed by atoms with Gasteiger partial charge in [0.1, 0.15) is 11.5 Å². The highest BCUT2D eigenvalue weighted by Gasteiger charge is 2.15. The molecule has 0 amide bonds. The molecule has 0 aliphatic heterocycles. The average Bonchev–Trinajstić information content (AvgIpc) is 2.78. The summed E-state index contributed by atoms with van der Waals surface area (Å²) >= 11 is 6.84. The van der Waals surface area contributed by atoms with Crippen molar-refractivity contribution in [2.24, 2.45) is 5.92 Å². The zero-order valence-corrected chi connectivity index (χ0v) is 19.3. The number of hydrogen-bond donors (Lipinski definition) is 0. The van der Waals surface area contributed by atoms with Crippen LogP contribution in [0.5, 0.6) is 11.5 Å². The van der Waals surface area contributed by atoms with E-state index in [9.17, 15) is 9.59 Å². The van der Waals surface area contributed by atoms with Crippen LogP contribution >= 0.6 is 31.9 Å². The van der Waals surface area contributed by atoms with Crippen LogP contribution in [0.4, 0.5) is 0 Å². The third-order valence-corrected chi connectivity index (χ3v) is 5.62. The van der Waals surface area contributed by atoms with Crippen LogP contribution in [0.15, 0.2) is 42.5 Å². The molecule has 0 fully saturated rings. The Morgan fingerprint density at radius 1 is 0.862 bits per heavy atom. The van der Waals surface area contributed by atoms with Crippen molar-refractivity contribution in [3.8, 4) is 11.5 Å². The molecule has 156 valence electrons. The highest BCUT2D eigenvalue weighted by atomic mass is 79.9. The molecule has 8 heteroatoms. The smallest absolute Gasteiger partial charge is 0.338 e. The molecule has 0 N–H and O–H groups in total. The minimum atomic E-state index is -0.402. The Morgan fingerprint density at radius 3 is 2.00 bits per heavy atom. The van der Waals surface area contributed by atoms with Crippen molar-refractivity contribution in [1.29, 1.82) is 0 Å². The van der Waals surface area contributed by atoms with E-state index in [4.69, 9.17) is 14.2 Å². The number of methoxy groups -OCH3 is 2. The van der Waals surface area contributed by atoms with E-state index in [0.717, 1.165) is 5.56 Å². The lowest BCUT2D eigenvalue weighted by atomic mass is 10.1. The maximum Gasteiger partial charge on any atom is 0.338 e. The van der Waals surface area contributed by atoms with E-state index < -0.39 is 5.97 Å². The lowest BCUT2D eigenvalue weighted by Crippen LogP contribution is -2.21. The molecule has 0 radical (unpaired) electrons. The van der Waals surface area contributed by atoms with Crippen molar-refractivity contribution in [3.05, 3.63) is 59.2 Å². The third kappa shape index (κ3) is 6.75. The Morgan fingerprint density at radius 2 is 1.45 bits per heavy atom. The number of hydrogen-bond acceptors (Lipinski definition) is 6. The fraction of sp³-hybridized carbons (Fsp3) is 0.333. The quantitative estimate of drug-likeness (QED) is 0.330. The van der Waals surface area contributed by atoms with Crippen LogP contribution in [-0.4, -0.2) is 44.7 Å². The summed E-state index contributed by atoms with van der Waals surface area (Å²) in [4.78, 5) is 23.4. The van der Waals surface area contributed by atoms with Gasteiger partial charge >= 0.3 is 11.9 Å². The SMILES string of the molecule is COC(=O)c1ccc(OCC(CBr)COc2ccc(CBr)c(C(=O)OC)c2)cc1. The molecular weight excluding hydrogens is 508 g/mol. The summed E-state index contributed by atoms with van der Waals surface area (Å²) < 4.78 is 21.1. The molecule has 0 saturated heterocycles. The molecule has 0 bridgehead atoms. The summed E-state index contributed by atoms with van der Waals surface area (Å²) in [5.74, 6) is 0.524. The normalized spacial score (nSPS) is 11.4. The van der Waals surface area contributed by atoms with Crippen LogP contribution in [0.2, 0.25) is 0 Å². The molecule has 2 aromatic carbocycles. The number of halogens is 2. The number of rotatable bonds is 10. The van der Waals surface area contributed by atoms with Crippen molar-refractivity contribution in [2.75, 3.05) is 32.8 Å². The lowest BCUT2D eigenvalue weighted by molar-refractivity contribution is 0.0591. The summed E-state index contributed by atoms with van der Waals surface area (Å²) in [6, 6.07) is 12.1. The summed E-state index contributed by atoms with van der Waals surface area (Å²) in [5, 5.41) is 1.22. The van der Waals surface area contributed by atoms with E-state index >= 15 is 0 Å². The van der Waals surface area contributed by atoms with Crippen LogP contribution in [0.3, 0.4) is 0 Å². The van der Waals surface area contributed by atoms with Gasteiger partial charge in [-0.05, 0) is 42.0 Å². The molecule has 2 rings (SSSR count). The van der Waals surface area contributed by atoms with Crippen molar-refractivity contribution in [1.82, 2.24) is 0 Å². The molecule has 29 heavy (non-hydrogen) atoms. The third-order valence-electron chi connectivity index (χ3n) is 4.10. The van der Waals surface area contributed by atoms with E-state index in [1.165, 1.54) is 14.2 Å². The Balaban J connectivity index is 1.93. The van der Waals surface area contributed by atoms with E-state index in [-0.39, 0.29) is 11.9 Å². The Hall–Kier alpha value is -2.06. The van der Waals surface area contributed by atoms with Gasteiger partial charge in [0.15, 0.2) is 0 Å². The number of esters is 2. The molecule has 1 atom stereocenters. The van der Waals surface area contributed by atoms with Gasteiger partial charge in [-0.25, -0.2) is 9.59 Å². The van der Waals surface area contributed by atoms with Crippen molar-refractivity contribution >= 4 is 43.8 Å². The zero-order chi connectivity index (χ0) is 21.2. The van der Waals surface area contributed by atoms with Gasteiger partial charge in [0.05, 0.1) is 38.6 Å². The monoisotopic (exact) mass is 528 g/mol. The molecule has 0 saturated carbocycles. The van der Waals surface area contributed by atoms with Crippen LogP contribution in [0.25, 0.3) is 0 Å². The first-order chi connectivity index (χ1) is 14.0. The number of carbonyl (C=O) groups is 2. The van der Waals surface area contributed by atoms with Crippen LogP contribution < -0.4 is 9.47 Å². The Labute approximate surface area is 186 Å². The summed E-state index contributed by atoms with van der Waals surface area (Å²) in [7, 11) is 2.69. The first-order valence-electron chi connectivity index (χ1n) is 8.79. The fourth-order valence-electron chi connectivity index (χ4n) is 2.43. The second-order valence-electron chi connectivity index (χ2n) is 6.10. The largest absolute Gasteiger partial charge is 0.493 e. The number of alkyl halides is 2. The van der Waals surface area contributed by atoms with Crippen molar-refractivity contribution in [2.45, 2.75) is 5.33 Å². The maximum atomic E-state index is 11.9. The lowest BCUT2D eigenvalue weighted by Gasteiger charge is -2.17. The van der Waals surface area contributed by atoms with Crippen LogP contribution in [0.1, 0.15) is 26.3 Å². The maximum absolute atomic E-state index is 11.9. The molecule has 0 aliphatic carbocycles. The van der Waals surface area contributed by atoms with Gasteiger partial charge < -0.3 is 18.9 Å². The van der Waals surface area contributed by atoms with E-state index in [1.807, 2.05) is 12.1 Å². The standard InChI is InChI=1S/C21H22Br2O6/c1-26-20(24)15-3-6-17(7-4-15)28-12-14(10-22)13-29-18-8-5-16(11-23)19(9-18)21(25)27-2/h3-9,14H,10-13H2,1-2H3. The van der Waals surface area contributed by atoms with Gasteiger partial charge in [-0.2, -0.15) is 0 Å². The predicted octanol–water partition coefficient (Wildman–Crippen LogP) is 4.62. The topological polar surface area (TPSA) is 71.1 Å². The highest BCUT2D eigenvalue weighted by molar-refractivity contribution is 9.09. The highest BCUT2D eigenvalue weighted by Crippen LogP contribution is 2.22. The second kappa shape index (κ2) is 11.8. The second-order valence-corrected chi connectivity index (χ2v) is 7.31. The molecule has 0 heterocycles. The van der Waals surface area contributed by atoms with Gasteiger partial charge in [0.25, 0.3) is 0 Å². The fourth-order valence-corrected chi connectivity index (χ4v) is 3.30. The molecular formula is C21H22Br2O6. The Kier molecular flexibility index (Phi) is 9.47. The van der Waals surface area contributed by atoms with E-state index in [2.05, 4.69) is 36.6 Å². The minimum Gasteiger partial charge on any atom is -0.493 e. The first kappa shape index (κ1) is 23.2. The molecule has 1 unspecified atom stereocenters. The zero-order valence-electron chi connectivity index (χ0n) is 16.2. The number of ether oxygens (including phenoxy) is 4. The average molecular weight is 530 g/mol. The molecule has 0 spiro atoms. The number of carbonyl (C=O) groups excluding carboxylic acids is 2. The van der Waals surface area contributed by atoms with Gasteiger partial charge in [-0.15, -0.1) is 0 Å². The van der Waals surface area contributed by atoms with Gasteiger partial charge in [0.2, 0.25) is 0 Å². The van der Waals surface area contributed by atoms with Crippen LogP contribution in [-0.2, 0) is 14.8 Å². The summed E-state index contributed by atoms with van der Waals surface area (Å²) in [5.41, 5.74) is 1.77. The predicted molar refractivity (Wildman–Crippen MR) is 116 cm³/mol. The van der Waals surface area contributed by atoms with E-state index in [1.54, 1.807) is 30.3 Å². The minimum absolute atomic E-state index is 0.0766. The molecule has 0 aromatic heterocycles. The molecule has 6 nitrogen and oxygen atoms in total. The molecule has 0 aliphatic rings. The van der Waals surface area contributed by atoms with E-state index in [0.29, 0.717) is 46.5 Å². The van der Waals surface area contributed by atoms with Gasteiger partial charge in [-0.1, -0.05) is 37.9 Å². The Bertz CT molecular complexity index is 822. The van der Waals surface area contributed by atoms with Crippen LogP contribution in [0, 0.1) is 5.92 Å². The van der Waals surface area contributed by atoms with Crippen molar-refractivity contribution < 1.29 is 28.5 Å². The van der Waals surface area contributed by atoms with Gasteiger partial charge in [0, 0.05) is 16.6 Å². The summed E-state index contributed by atoms with van der Waals surface area (Å²) in [6.45, 7) is 0.825. The number of benzene rings is 2. The first-order valence-corrected chi connectivity index (χ1v) is 11.0. The summed E-state index contributed by atoms with van der Waals surface area (Å²) in [6.07, 6.45) is 0. The molecule has 2 aromatic rings. The van der Waals surface area contributed by atoms with Gasteiger partial charge in [-0.3, -0.25) is 0 Å².